The molecule has 0 spiro atoms. The van der Waals surface area contributed by atoms with Gasteiger partial charge in [0, 0.05) is 80.2 Å². The van der Waals surface area contributed by atoms with Crippen molar-refractivity contribution in [2.45, 2.75) is 57.8 Å². The fraction of sp³-hybridized carbons (Fsp3) is 0.325. The second-order valence-electron chi connectivity index (χ2n) is 13.7. The summed E-state index contributed by atoms with van der Waals surface area (Å²) >= 11 is 7.15. The highest BCUT2D eigenvalue weighted by Crippen LogP contribution is 2.40. The maximum absolute atomic E-state index is 13.4. The Bertz CT molecular complexity index is 2220. The standard InChI is InChI=1S/C40H42ClN7O4/c1-24-30(25-16-17-48-35(18-25)43-20-27(40(48)51)22-47(2)23-29-12-15-37(50)45-29)6-4-7-31(24)32-8-5-9-33(38(32)41)34-13-10-26(39(46-34)52-3)19-42-21-28-11-14-36(49)44-28/h4-10,13,16-18,20,28-29,42H,11-12,14-15,19,21-23H2,1-3H3,(H,44,49)(H,45,50). The van der Waals surface area contributed by atoms with Crippen LogP contribution in [0.1, 0.15) is 42.4 Å². The van der Waals surface area contributed by atoms with Crippen LogP contribution in [0.2, 0.25) is 5.02 Å². The lowest BCUT2D eigenvalue weighted by Crippen LogP contribution is -2.37. The van der Waals surface area contributed by atoms with Gasteiger partial charge in [-0.2, -0.15) is 0 Å². The first kappa shape index (κ1) is 35.3. The summed E-state index contributed by atoms with van der Waals surface area (Å²) in [6.07, 6.45) is 6.21. The number of halogens is 1. The van der Waals surface area contributed by atoms with Crippen molar-refractivity contribution in [2.24, 2.45) is 0 Å². The van der Waals surface area contributed by atoms with E-state index in [2.05, 4.69) is 40.0 Å². The van der Waals surface area contributed by atoms with E-state index >= 15 is 0 Å². The van der Waals surface area contributed by atoms with Crippen molar-refractivity contribution in [1.29, 1.82) is 0 Å². The molecular formula is C40H42ClN7O4. The van der Waals surface area contributed by atoms with Crippen LogP contribution in [-0.4, -0.2) is 70.4 Å². The van der Waals surface area contributed by atoms with Crippen LogP contribution < -0.4 is 26.2 Å². The van der Waals surface area contributed by atoms with Crippen molar-refractivity contribution in [3.8, 4) is 39.4 Å². The summed E-state index contributed by atoms with van der Waals surface area (Å²) in [5, 5.41) is 9.95. The molecule has 52 heavy (non-hydrogen) atoms. The minimum Gasteiger partial charge on any atom is -0.481 e. The lowest BCUT2D eigenvalue weighted by Gasteiger charge is -2.20. The molecule has 268 valence electrons. The SMILES string of the molecule is COc1nc(-c2cccc(-c3cccc(-c4ccn5c(=O)c(CN(C)CC6CCC(=O)N6)cnc5c4)c3C)c2Cl)ccc1CNCC1CCC(=O)N1. The molecule has 2 amide bonds. The van der Waals surface area contributed by atoms with Gasteiger partial charge in [-0.05, 0) is 67.3 Å². The third kappa shape index (κ3) is 7.43. The molecule has 0 radical (unpaired) electrons. The summed E-state index contributed by atoms with van der Waals surface area (Å²) in [7, 11) is 3.56. The number of carbonyl (C=O) groups is 2. The second kappa shape index (κ2) is 15.2. The Morgan fingerprint density at radius 2 is 1.63 bits per heavy atom. The fourth-order valence-corrected chi connectivity index (χ4v) is 7.58. The van der Waals surface area contributed by atoms with E-state index in [1.54, 1.807) is 23.9 Å². The Balaban J connectivity index is 1.11. The van der Waals surface area contributed by atoms with Crippen LogP contribution in [0.15, 0.2) is 77.9 Å². The molecule has 12 heteroatoms. The first-order valence-corrected chi connectivity index (χ1v) is 18.0. The summed E-state index contributed by atoms with van der Waals surface area (Å²) in [6.45, 7) is 4.43. The number of hydrogen-bond donors (Lipinski definition) is 3. The molecule has 0 bridgehead atoms. The molecule has 2 aliphatic heterocycles. The highest BCUT2D eigenvalue weighted by Gasteiger charge is 2.23. The molecule has 0 aliphatic carbocycles. The Morgan fingerprint density at radius 1 is 0.923 bits per heavy atom. The Labute approximate surface area is 307 Å². The third-order valence-corrected chi connectivity index (χ3v) is 10.4. The van der Waals surface area contributed by atoms with Crippen LogP contribution in [-0.2, 0) is 22.7 Å². The van der Waals surface area contributed by atoms with Gasteiger partial charge in [-0.25, -0.2) is 9.97 Å². The van der Waals surface area contributed by atoms with Crippen molar-refractivity contribution < 1.29 is 14.3 Å². The van der Waals surface area contributed by atoms with Gasteiger partial charge in [0.15, 0.2) is 0 Å². The molecule has 2 saturated heterocycles. The number of likely N-dealkylation sites (N-methyl/N-ethyl adjacent to an activating group) is 1. The van der Waals surface area contributed by atoms with Crippen molar-refractivity contribution in [2.75, 3.05) is 27.2 Å². The minimum absolute atomic E-state index is 0.0808. The molecule has 2 atom stereocenters. The minimum atomic E-state index is -0.110. The first-order valence-electron chi connectivity index (χ1n) is 17.6. The van der Waals surface area contributed by atoms with Gasteiger partial charge in [-0.1, -0.05) is 54.1 Å². The highest BCUT2D eigenvalue weighted by molar-refractivity contribution is 6.36. The number of pyridine rings is 2. The van der Waals surface area contributed by atoms with Crippen molar-refractivity contribution in [3.05, 3.63) is 105 Å². The van der Waals surface area contributed by atoms with Gasteiger partial charge < -0.3 is 20.7 Å². The molecule has 2 unspecified atom stereocenters. The molecule has 5 heterocycles. The van der Waals surface area contributed by atoms with Gasteiger partial charge in [0.25, 0.3) is 5.56 Å². The number of rotatable bonds is 12. The van der Waals surface area contributed by atoms with Gasteiger partial charge in [-0.15, -0.1) is 0 Å². The van der Waals surface area contributed by atoms with E-state index in [-0.39, 0.29) is 29.5 Å². The van der Waals surface area contributed by atoms with E-state index in [1.165, 1.54) is 0 Å². The number of hydrogen-bond acceptors (Lipinski definition) is 8. The number of aromatic nitrogens is 3. The molecule has 2 fully saturated rings. The zero-order chi connectivity index (χ0) is 36.4. The molecular weight excluding hydrogens is 678 g/mol. The van der Waals surface area contributed by atoms with E-state index in [9.17, 15) is 14.4 Å². The van der Waals surface area contributed by atoms with Crippen LogP contribution in [0.5, 0.6) is 5.88 Å². The van der Waals surface area contributed by atoms with E-state index < -0.39 is 0 Å². The van der Waals surface area contributed by atoms with Crippen molar-refractivity contribution in [1.82, 2.24) is 35.2 Å². The van der Waals surface area contributed by atoms with E-state index in [0.29, 0.717) is 66.8 Å². The van der Waals surface area contributed by atoms with Gasteiger partial charge in [0.1, 0.15) is 5.65 Å². The third-order valence-electron chi connectivity index (χ3n) is 9.97. The van der Waals surface area contributed by atoms with E-state index in [1.807, 2.05) is 60.5 Å². The highest BCUT2D eigenvalue weighted by atomic mass is 35.5. The number of benzene rings is 2. The predicted molar refractivity (Wildman–Crippen MR) is 202 cm³/mol. The van der Waals surface area contributed by atoms with Gasteiger partial charge in [0.2, 0.25) is 17.7 Å². The predicted octanol–water partition coefficient (Wildman–Crippen LogP) is 5.14. The van der Waals surface area contributed by atoms with Gasteiger partial charge in [-0.3, -0.25) is 23.7 Å². The lowest BCUT2D eigenvalue weighted by atomic mass is 9.92. The van der Waals surface area contributed by atoms with Crippen LogP contribution in [0, 0.1) is 6.92 Å². The number of fused-ring (bicyclic) bond motifs is 1. The number of carbonyl (C=O) groups excluding carboxylic acids is 2. The zero-order valence-corrected chi connectivity index (χ0v) is 30.3. The summed E-state index contributed by atoms with van der Waals surface area (Å²) < 4.78 is 7.25. The number of ether oxygens (including phenoxy) is 1. The number of methoxy groups -OCH3 is 1. The smallest absolute Gasteiger partial charge is 0.262 e. The Hall–Kier alpha value is -5.10. The first-order chi connectivity index (χ1) is 25.2. The number of nitrogens with zero attached hydrogens (tertiary/aromatic N) is 4. The molecule has 5 aromatic rings. The number of nitrogens with one attached hydrogen (secondary N) is 3. The lowest BCUT2D eigenvalue weighted by molar-refractivity contribution is -0.120. The Kier molecular flexibility index (Phi) is 10.4. The Morgan fingerprint density at radius 3 is 2.37 bits per heavy atom. The summed E-state index contributed by atoms with van der Waals surface area (Å²) in [4.78, 5) is 48.1. The molecule has 11 nitrogen and oxygen atoms in total. The van der Waals surface area contributed by atoms with Crippen LogP contribution in [0.4, 0.5) is 0 Å². The molecule has 3 aromatic heterocycles. The fourth-order valence-electron chi connectivity index (χ4n) is 7.25. The zero-order valence-electron chi connectivity index (χ0n) is 29.5. The van der Waals surface area contributed by atoms with Gasteiger partial charge >= 0.3 is 0 Å². The maximum atomic E-state index is 13.4. The molecule has 7 rings (SSSR count). The van der Waals surface area contributed by atoms with Crippen molar-refractivity contribution in [3.63, 3.8) is 0 Å². The maximum Gasteiger partial charge on any atom is 0.262 e. The summed E-state index contributed by atoms with van der Waals surface area (Å²) in [6, 6.07) is 20.1. The molecule has 2 aliphatic rings. The van der Waals surface area contributed by atoms with Crippen LogP contribution in [0.3, 0.4) is 0 Å². The monoisotopic (exact) mass is 719 g/mol. The van der Waals surface area contributed by atoms with E-state index in [0.717, 1.165) is 51.8 Å². The summed E-state index contributed by atoms with van der Waals surface area (Å²) in [5.74, 6) is 0.697. The van der Waals surface area contributed by atoms with Gasteiger partial charge in [0.05, 0.1) is 23.4 Å². The summed E-state index contributed by atoms with van der Waals surface area (Å²) in [5.41, 5.74) is 8.30. The molecule has 2 aromatic carbocycles. The quantitative estimate of drug-likeness (QED) is 0.162. The normalized spacial score (nSPS) is 17.2. The number of amides is 2. The van der Waals surface area contributed by atoms with Crippen LogP contribution >= 0.6 is 11.6 Å². The topological polar surface area (TPSA) is 130 Å². The van der Waals surface area contributed by atoms with E-state index in [4.69, 9.17) is 21.3 Å². The van der Waals surface area contributed by atoms with Crippen molar-refractivity contribution >= 4 is 29.1 Å². The molecule has 3 N–H and O–H groups in total. The second-order valence-corrected chi connectivity index (χ2v) is 14.1. The van der Waals surface area contributed by atoms with Crippen LogP contribution in [0.25, 0.3) is 39.2 Å². The average molecular weight is 720 g/mol. The largest absolute Gasteiger partial charge is 0.481 e. The molecule has 0 saturated carbocycles. The average Bonchev–Trinajstić information content (AvgIpc) is 3.76.